The van der Waals surface area contributed by atoms with Crippen LogP contribution >= 0.6 is 0 Å². The van der Waals surface area contributed by atoms with Gasteiger partial charge in [-0.05, 0) is 6.92 Å². The van der Waals surface area contributed by atoms with Gasteiger partial charge in [0.15, 0.2) is 0 Å². The van der Waals surface area contributed by atoms with E-state index in [9.17, 15) is 5.26 Å². The lowest BCUT2D eigenvalue weighted by Crippen LogP contribution is -2.39. The van der Waals surface area contributed by atoms with E-state index in [-0.39, 0.29) is 6.04 Å². The van der Waals surface area contributed by atoms with Crippen molar-refractivity contribution in [2.45, 2.75) is 13.0 Å². The van der Waals surface area contributed by atoms with Crippen molar-refractivity contribution in [1.82, 2.24) is 14.5 Å². The van der Waals surface area contributed by atoms with Crippen LogP contribution in [0.4, 0.5) is 0 Å². The summed E-state index contributed by atoms with van der Waals surface area (Å²) in [4.78, 5) is 6.37. The molecule has 0 aromatic carbocycles. The Morgan fingerprint density at radius 2 is 2.19 bits per heavy atom. The topological polar surface area (TPSA) is 54.1 Å². The fourth-order valence-corrected chi connectivity index (χ4v) is 1.94. The molecule has 5 heteroatoms. The van der Waals surface area contributed by atoms with Crippen molar-refractivity contribution in [3.05, 3.63) is 17.7 Å². The Morgan fingerprint density at radius 3 is 2.69 bits per heavy atom. The standard InChI is InChI=1S/C11H16N4O/c1-9-13-8-11(14(9)2)10(7-12)15-3-5-16-6-4-15/h8,10H,3-6H2,1-2H3. The zero-order valence-electron chi connectivity index (χ0n) is 9.68. The maximum atomic E-state index is 9.29. The lowest BCUT2D eigenvalue weighted by atomic mass is 10.2. The van der Waals surface area contributed by atoms with Crippen molar-refractivity contribution in [3.63, 3.8) is 0 Å². The molecule has 0 amide bonds. The largest absolute Gasteiger partial charge is 0.379 e. The number of nitrogens with zero attached hydrogens (tertiary/aromatic N) is 4. The van der Waals surface area contributed by atoms with Gasteiger partial charge in [0.05, 0.1) is 31.2 Å². The first-order valence-electron chi connectivity index (χ1n) is 5.43. The maximum absolute atomic E-state index is 9.29. The first kappa shape index (κ1) is 11.1. The summed E-state index contributed by atoms with van der Waals surface area (Å²) in [5, 5.41) is 9.29. The van der Waals surface area contributed by atoms with Gasteiger partial charge in [0.25, 0.3) is 0 Å². The molecule has 1 fully saturated rings. The number of aryl methyl sites for hydroxylation is 1. The summed E-state index contributed by atoms with van der Waals surface area (Å²) in [5.74, 6) is 0.934. The number of imidazole rings is 1. The number of hydrogen-bond donors (Lipinski definition) is 0. The number of nitriles is 1. The third kappa shape index (κ3) is 1.94. The zero-order valence-corrected chi connectivity index (χ0v) is 9.68. The van der Waals surface area contributed by atoms with Crippen LogP contribution in [0.1, 0.15) is 17.6 Å². The van der Waals surface area contributed by atoms with Gasteiger partial charge in [-0.1, -0.05) is 0 Å². The molecule has 1 aliphatic rings. The first-order valence-corrected chi connectivity index (χ1v) is 5.43. The van der Waals surface area contributed by atoms with E-state index in [1.165, 1.54) is 0 Å². The molecule has 0 saturated carbocycles. The van der Waals surface area contributed by atoms with E-state index in [4.69, 9.17) is 4.74 Å². The summed E-state index contributed by atoms with van der Waals surface area (Å²) in [6, 6.07) is 2.14. The Balaban J connectivity index is 2.22. The molecule has 0 bridgehead atoms. The molecule has 1 aromatic heterocycles. The van der Waals surface area contributed by atoms with Crippen LogP contribution in [0.15, 0.2) is 6.20 Å². The van der Waals surface area contributed by atoms with Crippen molar-refractivity contribution < 1.29 is 4.74 Å². The molecular formula is C11H16N4O. The van der Waals surface area contributed by atoms with Crippen molar-refractivity contribution in [3.8, 4) is 6.07 Å². The molecule has 1 atom stereocenters. The van der Waals surface area contributed by atoms with Crippen LogP contribution in [0.5, 0.6) is 0 Å². The molecule has 86 valence electrons. The van der Waals surface area contributed by atoms with E-state index < -0.39 is 0 Å². The normalized spacial score (nSPS) is 19.3. The van der Waals surface area contributed by atoms with Gasteiger partial charge in [-0.15, -0.1) is 0 Å². The SMILES string of the molecule is Cc1ncc(C(C#N)N2CCOCC2)n1C. The molecule has 0 radical (unpaired) electrons. The van der Waals surface area contributed by atoms with E-state index >= 15 is 0 Å². The van der Waals surface area contributed by atoms with E-state index in [1.54, 1.807) is 6.20 Å². The smallest absolute Gasteiger partial charge is 0.140 e. The van der Waals surface area contributed by atoms with Crippen molar-refractivity contribution in [1.29, 1.82) is 5.26 Å². The van der Waals surface area contributed by atoms with Gasteiger partial charge in [0, 0.05) is 20.1 Å². The van der Waals surface area contributed by atoms with Gasteiger partial charge in [-0.2, -0.15) is 5.26 Å². The van der Waals surface area contributed by atoms with Crippen LogP contribution in [0, 0.1) is 18.3 Å². The van der Waals surface area contributed by atoms with Gasteiger partial charge in [0.2, 0.25) is 0 Å². The van der Waals surface area contributed by atoms with Crippen molar-refractivity contribution in [2.24, 2.45) is 7.05 Å². The predicted molar refractivity (Wildman–Crippen MR) is 58.7 cm³/mol. The van der Waals surface area contributed by atoms with Crippen LogP contribution in [-0.2, 0) is 11.8 Å². The van der Waals surface area contributed by atoms with Crippen molar-refractivity contribution in [2.75, 3.05) is 26.3 Å². The maximum Gasteiger partial charge on any atom is 0.140 e. The van der Waals surface area contributed by atoms with Crippen LogP contribution in [0.25, 0.3) is 0 Å². The van der Waals surface area contributed by atoms with E-state index in [1.807, 2.05) is 18.5 Å². The third-order valence-electron chi connectivity index (χ3n) is 3.07. The Bertz CT molecular complexity index is 401. The number of hydrogen-bond acceptors (Lipinski definition) is 4. The van der Waals surface area contributed by atoms with Crippen LogP contribution < -0.4 is 0 Å². The quantitative estimate of drug-likeness (QED) is 0.733. The van der Waals surface area contributed by atoms with Crippen LogP contribution in [0.3, 0.4) is 0 Å². The second-order valence-electron chi connectivity index (χ2n) is 3.97. The summed E-state index contributed by atoms with van der Waals surface area (Å²) < 4.78 is 7.27. The van der Waals surface area contributed by atoms with Gasteiger partial charge in [-0.25, -0.2) is 4.98 Å². The number of rotatable bonds is 2. The second kappa shape index (κ2) is 4.64. The molecule has 0 spiro atoms. The molecular weight excluding hydrogens is 204 g/mol. The minimum atomic E-state index is -0.213. The molecule has 2 rings (SSSR count). The fourth-order valence-electron chi connectivity index (χ4n) is 1.94. The molecule has 1 saturated heterocycles. The highest BCUT2D eigenvalue weighted by molar-refractivity contribution is 5.16. The van der Waals surface area contributed by atoms with Crippen LogP contribution in [0.2, 0.25) is 0 Å². The highest BCUT2D eigenvalue weighted by Gasteiger charge is 2.24. The summed E-state index contributed by atoms with van der Waals surface area (Å²) in [7, 11) is 1.95. The van der Waals surface area contributed by atoms with Gasteiger partial charge in [-0.3, -0.25) is 4.90 Å². The average molecular weight is 220 g/mol. The fraction of sp³-hybridized carbons (Fsp3) is 0.636. The molecule has 0 aliphatic carbocycles. The summed E-state index contributed by atoms with van der Waals surface area (Å²) >= 11 is 0. The lowest BCUT2D eigenvalue weighted by molar-refractivity contribution is 0.0255. The first-order chi connectivity index (χ1) is 7.74. The van der Waals surface area contributed by atoms with E-state index in [2.05, 4.69) is 16.0 Å². The Kier molecular flexibility index (Phi) is 3.22. The molecule has 16 heavy (non-hydrogen) atoms. The molecule has 5 nitrogen and oxygen atoms in total. The number of ether oxygens (including phenoxy) is 1. The Morgan fingerprint density at radius 1 is 1.50 bits per heavy atom. The minimum Gasteiger partial charge on any atom is -0.379 e. The summed E-state index contributed by atoms with van der Waals surface area (Å²) in [6.45, 7) is 4.96. The van der Waals surface area contributed by atoms with E-state index in [0.717, 1.165) is 24.6 Å². The Hall–Kier alpha value is -1.38. The van der Waals surface area contributed by atoms with Crippen LogP contribution in [-0.4, -0.2) is 40.8 Å². The monoisotopic (exact) mass is 220 g/mol. The van der Waals surface area contributed by atoms with E-state index in [0.29, 0.717) is 13.2 Å². The Labute approximate surface area is 95.2 Å². The zero-order chi connectivity index (χ0) is 11.5. The number of aromatic nitrogens is 2. The van der Waals surface area contributed by atoms with Gasteiger partial charge >= 0.3 is 0 Å². The molecule has 1 unspecified atom stereocenters. The lowest BCUT2D eigenvalue weighted by Gasteiger charge is -2.30. The highest BCUT2D eigenvalue weighted by atomic mass is 16.5. The average Bonchev–Trinajstić information content (AvgIpc) is 2.64. The molecule has 1 aliphatic heterocycles. The summed E-state index contributed by atoms with van der Waals surface area (Å²) in [6.07, 6.45) is 1.79. The predicted octanol–water partition coefficient (Wildman–Crippen LogP) is 0.625. The van der Waals surface area contributed by atoms with Gasteiger partial charge < -0.3 is 9.30 Å². The highest BCUT2D eigenvalue weighted by Crippen LogP contribution is 2.21. The van der Waals surface area contributed by atoms with Crippen molar-refractivity contribution >= 4 is 0 Å². The molecule has 0 N–H and O–H groups in total. The third-order valence-corrected chi connectivity index (χ3v) is 3.07. The van der Waals surface area contributed by atoms with Gasteiger partial charge in [0.1, 0.15) is 11.9 Å². The molecule has 2 heterocycles. The minimum absolute atomic E-state index is 0.213. The second-order valence-corrected chi connectivity index (χ2v) is 3.97. The number of morpholine rings is 1. The summed E-state index contributed by atoms with van der Waals surface area (Å²) in [5.41, 5.74) is 0.960. The molecule has 1 aromatic rings.